The van der Waals surface area contributed by atoms with Crippen LogP contribution in [0.5, 0.6) is 5.75 Å². The molecule has 0 aliphatic rings. The molecule has 3 nitrogen and oxygen atoms in total. The van der Waals surface area contributed by atoms with Crippen LogP contribution in [0, 0.1) is 20.8 Å². The van der Waals surface area contributed by atoms with Gasteiger partial charge in [-0.3, -0.25) is 4.79 Å². The molecule has 22 heavy (non-hydrogen) atoms. The number of carbonyl (C=O) groups is 1. The number of aryl methyl sites for hydroxylation is 2. The Morgan fingerprint density at radius 2 is 1.77 bits per heavy atom. The first-order valence-electron chi connectivity index (χ1n) is 7.53. The van der Waals surface area contributed by atoms with Crippen LogP contribution in [-0.2, 0) is 17.8 Å². The highest BCUT2D eigenvalue weighted by molar-refractivity contribution is 5.74. The highest BCUT2D eigenvalue weighted by atomic mass is 16.5. The first-order valence-corrected chi connectivity index (χ1v) is 7.53. The van der Waals surface area contributed by atoms with Gasteiger partial charge >= 0.3 is 0 Å². The van der Waals surface area contributed by atoms with Gasteiger partial charge in [0.2, 0.25) is 5.91 Å². The monoisotopic (exact) mass is 297 g/mol. The Balaban J connectivity index is 2.23. The zero-order chi connectivity index (χ0) is 16.1. The third-order valence-corrected chi connectivity index (χ3v) is 4.01. The average Bonchev–Trinajstić information content (AvgIpc) is 2.50. The molecule has 0 atom stereocenters. The summed E-state index contributed by atoms with van der Waals surface area (Å²) in [6.07, 6.45) is 1.02. The van der Waals surface area contributed by atoms with Gasteiger partial charge in [-0.2, -0.15) is 0 Å². The first kappa shape index (κ1) is 16.1. The molecule has 0 saturated heterocycles. The van der Waals surface area contributed by atoms with Crippen LogP contribution in [0.2, 0.25) is 0 Å². The van der Waals surface area contributed by atoms with Gasteiger partial charge in [0, 0.05) is 6.42 Å². The number of rotatable bonds is 6. The van der Waals surface area contributed by atoms with Crippen molar-refractivity contribution in [1.82, 2.24) is 0 Å². The molecule has 2 rings (SSSR count). The minimum absolute atomic E-state index is 0.274. The molecule has 116 valence electrons. The molecule has 2 aromatic rings. The van der Waals surface area contributed by atoms with Crippen molar-refractivity contribution >= 4 is 5.91 Å². The zero-order valence-corrected chi connectivity index (χ0v) is 13.5. The third-order valence-electron chi connectivity index (χ3n) is 4.01. The molecule has 0 radical (unpaired) electrons. The number of benzene rings is 2. The van der Waals surface area contributed by atoms with Gasteiger partial charge in [-0.1, -0.05) is 36.4 Å². The molecule has 0 fully saturated rings. The van der Waals surface area contributed by atoms with Crippen LogP contribution in [0.3, 0.4) is 0 Å². The first-order chi connectivity index (χ1) is 10.5. The van der Waals surface area contributed by atoms with E-state index in [4.69, 9.17) is 10.5 Å². The zero-order valence-electron chi connectivity index (χ0n) is 13.5. The van der Waals surface area contributed by atoms with Crippen molar-refractivity contribution in [2.75, 3.05) is 0 Å². The normalized spacial score (nSPS) is 10.5. The number of amides is 1. The average molecular weight is 297 g/mol. The van der Waals surface area contributed by atoms with Gasteiger partial charge < -0.3 is 10.5 Å². The van der Waals surface area contributed by atoms with Crippen molar-refractivity contribution in [3.05, 3.63) is 64.2 Å². The van der Waals surface area contributed by atoms with Crippen molar-refractivity contribution < 1.29 is 9.53 Å². The number of nitrogens with two attached hydrogens (primary N) is 1. The molecule has 0 aliphatic carbocycles. The third kappa shape index (κ3) is 3.88. The second kappa shape index (κ2) is 7.12. The van der Waals surface area contributed by atoms with Crippen LogP contribution < -0.4 is 10.5 Å². The van der Waals surface area contributed by atoms with Crippen LogP contribution in [0.15, 0.2) is 36.4 Å². The number of hydrogen-bond donors (Lipinski definition) is 1. The van der Waals surface area contributed by atoms with E-state index in [9.17, 15) is 4.79 Å². The van der Waals surface area contributed by atoms with E-state index >= 15 is 0 Å². The summed E-state index contributed by atoms with van der Waals surface area (Å²) in [6, 6.07) is 12.2. The highest BCUT2D eigenvalue weighted by Gasteiger charge is 2.12. The molecule has 3 heteroatoms. The van der Waals surface area contributed by atoms with Crippen LogP contribution in [0.1, 0.15) is 34.2 Å². The van der Waals surface area contributed by atoms with Gasteiger partial charge in [0.05, 0.1) is 0 Å². The molecule has 2 N–H and O–H groups in total. The van der Waals surface area contributed by atoms with Gasteiger partial charge in [-0.05, 0) is 55.0 Å². The largest absolute Gasteiger partial charge is 0.488 e. The van der Waals surface area contributed by atoms with Gasteiger partial charge in [-0.25, -0.2) is 0 Å². The Morgan fingerprint density at radius 1 is 1.09 bits per heavy atom. The summed E-state index contributed by atoms with van der Waals surface area (Å²) in [7, 11) is 0. The lowest BCUT2D eigenvalue weighted by Crippen LogP contribution is -2.12. The van der Waals surface area contributed by atoms with Crippen molar-refractivity contribution in [1.29, 1.82) is 0 Å². The Morgan fingerprint density at radius 3 is 2.41 bits per heavy atom. The van der Waals surface area contributed by atoms with Crippen LogP contribution in [0.25, 0.3) is 0 Å². The summed E-state index contributed by atoms with van der Waals surface area (Å²) < 4.78 is 6.07. The fourth-order valence-corrected chi connectivity index (χ4v) is 2.55. The molecule has 0 aliphatic heterocycles. The summed E-state index contributed by atoms with van der Waals surface area (Å²) in [5, 5.41) is 0. The number of carbonyl (C=O) groups excluding carboxylic acids is 1. The van der Waals surface area contributed by atoms with E-state index < -0.39 is 0 Å². The fraction of sp³-hybridized carbons (Fsp3) is 0.316. The lowest BCUT2D eigenvalue weighted by molar-refractivity contribution is -0.117. The Bertz CT molecular complexity index is 663. The van der Waals surface area contributed by atoms with Gasteiger partial charge in [0.15, 0.2) is 0 Å². The summed E-state index contributed by atoms with van der Waals surface area (Å²) in [5.41, 5.74) is 11.0. The summed E-state index contributed by atoms with van der Waals surface area (Å²) >= 11 is 0. The number of ether oxygens (including phenoxy) is 1. The Labute approximate surface area is 132 Å². The van der Waals surface area contributed by atoms with E-state index in [1.807, 2.05) is 25.1 Å². The predicted octanol–water partition coefficient (Wildman–Crippen LogP) is 3.61. The van der Waals surface area contributed by atoms with E-state index in [1.165, 1.54) is 5.56 Å². The molecule has 0 saturated carbocycles. The molecule has 0 bridgehead atoms. The molecular weight excluding hydrogens is 274 g/mol. The molecule has 2 aromatic carbocycles. The summed E-state index contributed by atoms with van der Waals surface area (Å²) in [5.74, 6) is 0.646. The summed E-state index contributed by atoms with van der Waals surface area (Å²) in [6.45, 7) is 6.72. The molecule has 1 amide bonds. The maximum atomic E-state index is 11.0. The van der Waals surface area contributed by atoms with E-state index in [2.05, 4.69) is 32.0 Å². The smallest absolute Gasteiger partial charge is 0.217 e. The minimum atomic E-state index is -0.274. The quantitative estimate of drug-likeness (QED) is 0.885. The molecular formula is C19H23NO2. The molecule has 0 aromatic heterocycles. The van der Waals surface area contributed by atoms with Gasteiger partial charge in [0.25, 0.3) is 0 Å². The highest BCUT2D eigenvalue weighted by Crippen LogP contribution is 2.30. The second-order valence-electron chi connectivity index (χ2n) is 5.67. The molecule has 0 heterocycles. The van der Waals surface area contributed by atoms with Gasteiger partial charge in [0.1, 0.15) is 12.4 Å². The SMILES string of the molecule is Cc1cc(CCC(N)=O)c(C)c(OCc2ccccc2)c1C. The number of hydrogen-bond acceptors (Lipinski definition) is 2. The van der Waals surface area contributed by atoms with Crippen molar-refractivity contribution in [2.45, 2.75) is 40.2 Å². The van der Waals surface area contributed by atoms with E-state index in [1.54, 1.807) is 0 Å². The minimum Gasteiger partial charge on any atom is -0.488 e. The number of primary amides is 1. The van der Waals surface area contributed by atoms with E-state index in [-0.39, 0.29) is 5.91 Å². The maximum absolute atomic E-state index is 11.0. The van der Waals surface area contributed by atoms with Crippen LogP contribution >= 0.6 is 0 Å². The lowest BCUT2D eigenvalue weighted by Gasteiger charge is -2.17. The van der Waals surface area contributed by atoms with Gasteiger partial charge in [-0.15, -0.1) is 0 Å². The van der Waals surface area contributed by atoms with Crippen molar-refractivity contribution in [3.8, 4) is 5.75 Å². The Hall–Kier alpha value is -2.29. The topological polar surface area (TPSA) is 52.3 Å². The molecule has 0 spiro atoms. The predicted molar refractivity (Wildman–Crippen MR) is 88.9 cm³/mol. The van der Waals surface area contributed by atoms with E-state index in [0.29, 0.717) is 19.4 Å². The summed E-state index contributed by atoms with van der Waals surface area (Å²) in [4.78, 5) is 11.0. The van der Waals surface area contributed by atoms with Crippen molar-refractivity contribution in [2.24, 2.45) is 5.73 Å². The Kier molecular flexibility index (Phi) is 5.21. The second-order valence-corrected chi connectivity index (χ2v) is 5.67. The van der Waals surface area contributed by atoms with E-state index in [0.717, 1.165) is 28.0 Å². The van der Waals surface area contributed by atoms with Crippen molar-refractivity contribution in [3.63, 3.8) is 0 Å². The fourth-order valence-electron chi connectivity index (χ4n) is 2.55. The molecule has 0 unspecified atom stereocenters. The van der Waals surface area contributed by atoms with Crippen LogP contribution in [-0.4, -0.2) is 5.91 Å². The maximum Gasteiger partial charge on any atom is 0.217 e. The van der Waals surface area contributed by atoms with Crippen LogP contribution in [0.4, 0.5) is 0 Å². The lowest BCUT2D eigenvalue weighted by atomic mass is 9.96. The standard InChI is InChI=1S/C19H23NO2/c1-13-11-17(9-10-18(20)21)15(3)19(14(13)2)22-12-16-7-5-4-6-8-16/h4-8,11H,9-10,12H2,1-3H3,(H2,20,21).